The van der Waals surface area contributed by atoms with Crippen molar-refractivity contribution in [3.8, 4) is 22.5 Å². The molecule has 14 heteroatoms. The fourth-order valence-electron chi connectivity index (χ4n) is 8.49. The summed E-state index contributed by atoms with van der Waals surface area (Å²) in [7, 11) is 0. The van der Waals surface area contributed by atoms with Gasteiger partial charge in [0.15, 0.2) is 0 Å². The molecule has 9 rings (SSSR count). The number of fused-ring (bicyclic) bond motifs is 2. The van der Waals surface area contributed by atoms with Crippen LogP contribution in [0, 0.1) is 0 Å². The number of likely N-dealkylation sites (tertiary alicyclic amines) is 2. The summed E-state index contributed by atoms with van der Waals surface area (Å²) in [5, 5.41) is 17.2. The van der Waals surface area contributed by atoms with Gasteiger partial charge in [-0.05, 0) is 84.5 Å². The average molecular weight is 852 g/mol. The first-order chi connectivity index (χ1) is 29.7. The topological polar surface area (TPSA) is 153 Å². The molecular weight excluding hydrogens is 811 g/mol. The van der Waals surface area contributed by atoms with E-state index in [4.69, 9.17) is 23.2 Å². The van der Waals surface area contributed by atoms with Crippen molar-refractivity contribution in [2.24, 2.45) is 0 Å². The first kappa shape index (κ1) is 39.8. The SMILES string of the molecule is O=C(C[C@@H]1CCCN1C(=O)c1nc(Cl)cc2ccccc12)Nc1ccc(-c2cc(-c3ccc(NC(=O)C[C@@H]4CCCN4C(=O)c4nc(Cl)cc5ccccc45)cc3)[nH]n2)cc1. The van der Waals surface area contributed by atoms with Gasteiger partial charge in [-0.3, -0.25) is 24.3 Å². The molecule has 0 bridgehead atoms. The van der Waals surface area contributed by atoms with E-state index in [9.17, 15) is 19.2 Å². The smallest absolute Gasteiger partial charge is 0.273 e. The third-order valence-corrected chi connectivity index (χ3v) is 11.9. The normalized spacial score (nSPS) is 16.3. The number of amides is 4. The Hall–Kier alpha value is -6.63. The maximum atomic E-state index is 13.7. The van der Waals surface area contributed by atoms with Gasteiger partial charge in [0.05, 0.1) is 11.4 Å². The van der Waals surface area contributed by atoms with E-state index in [-0.39, 0.29) is 58.9 Å². The largest absolute Gasteiger partial charge is 0.334 e. The van der Waals surface area contributed by atoms with Crippen LogP contribution in [0.15, 0.2) is 115 Å². The molecule has 2 atom stereocenters. The number of H-pyrrole nitrogens is 1. The molecule has 61 heavy (non-hydrogen) atoms. The van der Waals surface area contributed by atoms with Crippen LogP contribution in [0.3, 0.4) is 0 Å². The van der Waals surface area contributed by atoms with Crippen LogP contribution in [0.25, 0.3) is 44.1 Å². The van der Waals surface area contributed by atoms with Crippen LogP contribution in [-0.2, 0) is 9.59 Å². The Labute approximate surface area is 361 Å². The molecule has 3 N–H and O–H groups in total. The standard InChI is InChI=1S/C47H40Cl2N8O4/c48-40-23-30-7-1-3-11-36(30)44(52-40)46(60)56-21-5-9-34(56)25-42(58)50-32-17-13-28(14-18-32)38-27-39(55-54-38)29-15-19-33(20-16-29)51-43(59)26-35-10-6-22-57(35)47(61)45-37-12-4-2-8-31(37)24-41(49)53-45/h1-4,7-8,11-20,23-24,27,34-35H,5-6,9-10,21-22,25-26H2,(H,50,58)(H,51,59)(H,54,55)/t34-,35-/m0/s1. The molecule has 0 aliphatic carbocycles. The van der Waals surface area contributed by atoms with Crippen LogP contribution in [-0.4, -0.2) is 78.8 Å². The van der Waals surface area contributed by atoms with Crippen molar-refractivity contribution >= 4 is 79.8 Å². The number of benzene rings is 4. The van der Waals surface area contributed by atoms with Gasteiger partial charge in [-0.25, -0.2) is 9.97 Å². The van der Waals surface area contributed by atoms with Crippen molar-refractivity contribution in [2.45, 2.75) is 50.6 Å². The predicted molar refractivity (Wildman–Crippen MR) is 238 cm³/mol. The second-order valence-electron chi connectivity index (χ2n) is 15.4. The molecule has 3 aromatic heterocycles. The zero-order valence-corrected chi connectivity index (χ0v) is 34.4. The van der Waals surface area contributed by atoms with E-state index in [0.29, 0.717) is 35.9 Å². The van der Waals surface area contributed by atoms with Gasteiger partial charge in [0.25, 0.3) is 11.8 Å². The molecule has 4 amide bonds. The van der Waals surface area contributed by atoms with Gasteiger partial charge >= 0.3 is 0 Å². The highest BCUT2D eigenvalue weighted by atomic mass is 35.5. The van der Waals surface area contributed by atoms with E-state index in [1.54, 1.807) is 21.9 Å². The maximum absolute atomic E-state index is 13.7. The minimum atomic E-state index is -0.250. The molecule has 2 aliphatic heterocycles. The van der Waals surface area contributed by atoms with Crippen LogP contribution in [0.5, 0.6) is 0 Å². The second kappa shape index (κ2) is 17.2. The maximum Gasteiger partial charge on any atom is 0.273 e. The minimum Gasteiger partial charge on any atom is -0.334 e. The molecule has 5 heterocycles. The van der Waals surface area contributed by atoms with E-state index in [2.05, 4.69) is 30.8 Å². The van der Waals surface area contributed by atoms with Crippen LogP contribution in [0.2, 0.25) is 10.3 Å². The van der Waals surface area contributed by atoms with Crippen LogP contribution in [0.1, 0.15) is 59.5 Å². The highest BCUT2D eigenvalue weighted by Gasteiger charge is 2.34. The van der Waals surface area contributed by atoms with Crippen LogP contribution in [0.4, 0.5) is 11.4 Å². The molecule has 0 unspecified atom stereocenters. The molecule has 2 fully saturated rings. The van der Waals surface area contributed by atoms with E-state index in [1.165, 1.54) is 0 Å². The van der Waals surface area contributed by atoms with Crippen molar-refractivity contribution in [1.29, 1.82) is 0 Å². The second-order valence-corrected chi connectivity index (χ2v) is 16.2. The number of aromatic nitrogens is 4. The highest BCUT2D eigenvalue weighted by molar-refractivity contribution is 6.31. The number of anilines is 2. The molecule has 2 aliphatic rings. The summed E-state index contributed by atoms with van der Waals surface area (Å²) in [6.07, 6.45) is 3.38. The number of nitrogens with zero attached hydrogens (tertiary/aromatic N) is 5. The Bertz CT molecular complexity index is 2620. The van der Waals surface area contributed by atoms with Crippen molar-refractivity contribution in [2.75, 3.05) is 23.7 Å². The first-order valence-electron chi connectivity index (χ1n) is 20.3. The van der Waals surface area contributed by atoms with Crippen molar-refractivity contribution < 1.29 is 19.2 Å². The van der Waals surface area contributed by atoms with Gasteiger partial charge in [-0.15, -0.1) is 0 Å². The summed E-state index contributed by atoms with van der Waals surface area (Å²) >= 11 is 12.5. The lowest BCUT2D eigenvalue weighted by Gasteiger charge is -2.24. The Balaban J connectivity index is 0.782. The zero-order valence-electron chi connectivity index (χ0n) is 32.9. The first-order valence-corrected chi connectivity index (χ1v) is 21.0. The lowest BCUT2D eigenvalue weighted by molar-refractivity contribution is -0.117. The number of carbonyl (C=O) groups is 4. The quantitative estimate of drug-likeness (QED) is 0.116. The van der Waals surface area contributed by atoms with Gasteiger partial charge in [0, 0.05) is 65.7 Å². The molecule has 2 saturated heterocycles. The molecule has 4 aromatic carbocycles. The summed E-state index contributed by atoms with van der Waals surface area (Å²) in [6.45, 7) is 1.10. The monoisotopic (exact) mass is 850 g/mol. The highest BCUT2D eigenvalue weighted by Crippen LogP contribution is 2.31. The summed E-state index contributed by atoms with van der Waals surface area (Å²) < 4.78 is 0. The number of rotatable bonds is 10. The Morgan fingerprint density at radius 1 is 0.607 bits per heavy atom. The lowest BCUT2D eigenvalue weighted by Crippen LogP contribution is -2.38. The Morgan fingerprint density at radius 3 is 1.56 bits per heavy atom. The molecule has 12 nitrogen and oxygen atoms in total. The minimum absolute atomic E-state index is 0.165. The molecular formula is C47H40Cl2N8O4. The number of halogens is 2. The summed E-state index contributed by atoms with van der Waals surface area (Å²) in [6, 6.07) is 34.9. The fraction of sp³-hybridized carbons (Fsp3) is 0.213. The number of nitrogens with one attached hydrogen (secondary N) is 3. The number of hydrogen-bond acceptors (Lipinski definition) is 7. The molecule has 0 saturated carbocycles. The van der Waals surface area contributed by atoms with E-state index in [0.717, 1.165) is 69.7 Å². The average Bonchev–Trinajstić information content (AvgIpc) is 4.05. The number of carbonyl (C=O) groups excluding carboxylic acids is 4. The number of aromatic amines is 1. The summed E-state index contributed by atoms with van der Waals surface area (Å²) in [5.74, 6) is -0.806. The van der Waals surface area contributed by atoms with Gasteiger partial charge in [-0.1, -0.05) is 96.0 Å². The molecule has 0 spiro atoms. The predicted octanol–water partition coefficient (Wildman–Crippen LogP) is 9.41. The van der Waals surface area contributed by atoms with Crippen LogP contribution < -0.4 is 10.6 Å². The third-order valence-electron chi connectivity index (χ3n) is 11.5. The molecule has 0 radical (unpaired) electrons. The fourth-order valence-corrected chi connectivity index (χ4v) is 8.89. The molecule has 306 valence electrons. The summed E-state index contributed by atoms with van der Waals surface area (Å²) in [4.78, 5) is 65.9. The van der Waals surface area contributed by atoms with Gasteiger partial charge < -0.3 is 20.4 Å². The third kappa shape index (κ3) is 8.55. The Kier molecular flexibility index (Phi) is 11.2. The van der Waals surface area contributed by atoms with Crippen LogP contribution >= 0.6 is 23.2 Å². The number of pyridine rings is 2. The lowest BCUT2D eigenvalue weighted by atomic mass is 10.1. The van der Waals surface area contributed by atoms with Gasteiger partial charge in [-0.2, -0.15) is 5.10 Å². The van der Waals surface area contributed by atoms with Crippen molar-refractivity contribution in [1.82, 2.24) is 30.0 Å². The Morgan fingerprint density at radius 2 is 1.07 bits per heavy atom. The van der Waals surface area contributed by atoms with E-state index >= 15 is 0 Å². The molecule has 7 aromatic rings. The van der Waals surface area contributed by atoms with Crippen molar-refractivity contribution in [3.05, 3.63) is 137 Å². The van der Waals surface area contributed by atoms with Crippen molar-refractivity contribution in [3.63, 3.8) is 0 Å². The summed E-state index contributed by atoms with van der Waals surface area (Å²) in [5.41, 5.74) is 5.14. The van der Waals surface area contributed by atoms with E-state index < -0.39 is 0 Å². The number of hydrogen-bond donors (Lipinski definition) is 3. The van der Waals surface area contributed by atoms with E-state index in [1.807, 2.05) is 103 Å². The van der Waals surface area contributed by atoms with Gasteiger partial charge in [0.2, 0.25) is 11.8 Å². The van der Waals surface area contributed by atoms with Gasteiger partial charge in [0.1, 0.15) is 21.7 Å². The zero-order chi connectivity index (χ0) is 42.0.